The summed E-state index contributed by atoms with van der Waals surface area (Å²) in [6.07, 6.45) is 2.13. The summed E-state index contributed by atoms with van der Waals surface area (Å²) < 4.78 is 1.67. The molecule has 4 nitrogen and oxygen atoms in total. The van der Waals surface area contributed by atoms with Gasteiger partial charge in [-0.15, -0.1) is 0 Å². The fourth-order valence-corrected chi connectivity index (χ4v) is 1.45. The van der Waals surface area contributed by atoms with Crippen LogP contribution in [0.3, 0.4) is 0 Å². The van der Waals surface area contributed by atoms with E-state index in [1.165, 1.54) is 6.08 Å². The van der Waals surface area contributed by atoms with Crippen LogP contribution in [0.4, 0.5) is 5.82 Å². The number of nitrogens with zero attached hydrogens (tertiary/aromatic N) is 2. The standard InChI is InChI=1S/C12H19N3O/c1-6-11(16)13-10-7-9(14-15(10)5)8-12(2,3)4/h6-7H,1,8H2,2-5H3,(H,13,16). The Morgan fingerprint density at radius 3 is 2.75 bits per heavy atom. The first-order valence-electron chi connectivity index (χ1n) is 5.28. The van der Waals surface area contributed by atoms with Crippen molar-refractivity contribution in [1.82, 2.24) is 9.78 Å². The predicted octanol–water partition coefficient (Wildman–Crippen LogP) is 2.13. The number of hydrogen-bond donors (Lipinski definition) is 1. The van der Waals surface area contributed by atoms with Gasteiger partial charge in [-0.1, -0.05) is 27.4 Å². The molecule has 0 aromatic carbocycles. The Hall–Kier alpha value is -1.58. The van der Waals surface area contributed by atoms with Crippen molar-refractivity contribution in [2.45, 2.75) is 27.2 Å². The lowest BCUT2D eigenvalue weighted by molar-refractivity contribution is -0.111. The van der Waals surface area contributed by atoms with Crippen molar-refractivity contribution in [3.63, 3.8) is 0 Å². The highest BCUT2D eigenvalue weighted by Gasteiger charge is 2.15. The third kappa shape index (κ3) is 3.53. The summed E-state index contributed by atoms with van der Waals surface area (Å²) in [4.78, 5) is 11.2. The maximum atomic E-state index is 11.2. The van der Waals surface area contributed by atoms with Gasteiger partial charge in [0.2, 0.25) is 5.91 Å². The van der Waals surface area contributed by atoms with E-state index >= 15 is 0 Å². The van der Waals surface area contributed by atoms with Crippen LogP contribution in [0.5, 0.6) is 0 Å². The van der Waals surface area contributed by atoms with Gasteiger partial charge in [0.1, 0.15) is 5.82 Å². The van der Waals surface area contributed by atoms with Crippen LogP contribution >= 0.6 is 0 Å². The molecule has 1 N–H and O–H groups in total. The van der Waals surface area contributed by atoms with Crippen LogP contribution in [0.15, 0.2) is 18.7 Å². The minimum atomic E-state index is -0.217. The molecule has 1 rings (SSSR count). The molecule has 16 heavy (non-hydrogen) atoms. The number of hydrogen-bond acceptors (Lipinski definition) is 2. The Bertz CT molecular complexity index is 399. The molecule has 0 spiro atoms. The molecule has 0 atom stereocenters. The molecule has 1 heterocycles. The van der Waals surface area contributed by atoms with Gasteiger partial charge in [-0.2, -0.15) is 5.10 Å². The van der Waals surface area contributed by atoms with Gasteiger partial charge in [0, 0.05) is 13.1 Å². The number of carbonyl (C=O) groups is 1. The van der Waals surface area contributed by atoms with E-state index in [4.69, 9.17) is 0 Å². The molecule has 0 bridgehead atoms. The maximum Gasteiger partial charge on any atom is 0.248 e. The SMILES string of the molecule is C=CC(=O)Nc1cc(CC(C)(C)C)nn1C. The lowest BCUT2D eigenvalue weighted by atomic mass is 9.91. The van der Waals surface area contributed by atoms with Crippen molar-refractivity contribution in [2.75, 3.05) is 5.32 Å². The second-order valence-corrected chi connectivity index (χ2v) is 5.08. The van der Waals surface area contributed by atoms with E-state index in [9.17, 15) is 4.79 Å². The van der Waals surface area contributed by atoms with Gasteiger partial charge < -0.3 is 5.32 Å². The Morgan fingerprint density at radius 2 is 2.25 bits per heavy atom. The molecule has 4 heteroatoms. The van der Waals surface area contributed by atoms with Gasteiger partial charge in [-0.25, -0.2) is 0 Å². The smallest absolute Gasteiger partial charge is 0.248 e. The van der Waals surface area contributed by atoms with Crippen LogP contribution in [-0.2, 0) is 18.3 Å². The molecule has 0 aliphatic carbocycles. The Labute approximate surface area is 96.3 Å². The molecule has 0 radical (unpaired) electrons. The highest BCUT2D eigenvalue weighted by molar-refractivity contribution is 5.98. The van der Waals surface area contributed by atoms with E-state index in [-0.39, 0.29) is 11.3 Å². The third-order valence-corrected chi connectivity index (χ3v) is 2.08. The first kappa shape index (κ1) is 12.5. The van der Waals surface area contributed by atoms with Crippen LogP contribution < -0.4 is 5.32 Å². The van der Waals surface area contributed by atoms with Crippen LogP contribution in [0.1, 0.15) is 26.5 Å². The summed E-state index contributed by atoms with van der Waals surface area (Å²) >= 11 is 0. The third-order valence-electron chi connectivity index (χ3n) is 2.08. The van der Waals surface area contributed by atoms with Gasteiger partial charge in [-0.3, -0.25) is 9.48 Å². The molecule has 0 aliphatic heterocycles. The van der Waals surface area contributed by atoms with Crippen molar-refractivity contribution >= 4 is 11.7 Å². The first-order chi connectivity index (χ1) is 7.31. The quantitative estimate of drug-likeness (QED) is 0.795. The van der Waals surface area contributed by atoms with Gasteiger partial charge in [0.05, 0.1) is 5.69 Å². The summed E-state index contributed by atoms with van der Waals surface area (Å²) in [5.41, 5.74) is 1.17. The normalized spacial score (nSPS) is 11.2. The summed E-state index contributed by atoms with van der Waals surface area (Å²) in [6.45, 7) is 9.88. The minimum absolute atomic E-state index is 0.189. The summed E-state index contributed by atoms with van der Waals surface area (Å²) in [5.74, 6) is 0.481. The number of rotatable bonds is 3. The zero-order valence-corrected chi connectivity index (χ0v) is 10.4. The summed E-state index contributed by atoms with van der Waals surface area (Å²) in [5, 5.41) is 7.06. The van der Waals surface area contributed by atoms with Crippen molar-refractivity contribution < 1.29 is 4.79 Å². The van der Waals surface area contributed by atoms with Crippen LogP contribution in [0, 0.1) is 5.41 Å². The molecule has 0 unspecified atom stereocenters. The molecule has 1 amide bonds. The van der Waals surface area contributed by atoms with Crippen molar-refractivity contribution in [3.8, 4) is 0 Å². The number of nitrogens with one attached hydrogen (secondary N) is 1. The van der Waals surface area contributed by atoms with Gasteiger partial charge in [0.15, 0.2) is 0 Å². The lowest BCUT2D eigenvalue weighted by Gasteiger charge is -2.15. The number of aromatic nitrogens is 2. The second-order valence-electron chi connectivity index (χ2n) is 5.08. The molecule has 1 aromatic heterocycles. The maximum absolute atomic E-state index is 11.2. The summed E-state index contributed by atoms with van der Waals surface area (Å²) in [7, 11) is 1.81. The van der Waals surface area contributed by atoms with Crippen LogP contribution in [0.25, 0.3) is 0 Å². The van der Waals surface area contributed by atoms with Crippen molar-refractivity contribution in [3.05, 3.63) is 24.4 Å². The molecule has 0 saturated heterocycles. The van der Waals surface area contributed by atoms with Gasteiger partial charge in [-0.05, 0) is 17.9 Å². The summed E-state index contributed by atoms with van der Waals surface area (Å²) in [6, 6.07) is 1.90. The molecule has 1 aromatic rings. The Balaban J connectivity index is 2.81. The van der Waals surface area contributed by atoms with Crippen molar-refractivity contribution in [2.24, 2.45) is 12.5 Å². The zero-order chi connectivity index (χ0) is 12.3. The van der Waals surface area contributed by atoms with Crippen LogP contribution in [0.2, 0.25) is 0 Å². The van der Waals surface area contributed by atoms with E-state index in [2.05, 4.69) is 37.8 Å². The van der Waals surface area contributed by atoms with Crippen LogP contribution in [-0.4, -0.2) is 15.7 Å². The molecule has 0 aliphatic rings. The first-order valence-corrected chi connectivity index (χ1v) is 5.28. The monoisotopic (exact) mass is 221 g/mol. The van der Waals surface area contributed by atoms with Gasteiger partial charge >= 0.3 is 0 Å². The van der Waals surface area contributed by atoms with Crippen molar-refractivity contribution in [1.29, 1.82) is 0 Å². The fraction of sp³-hybridized carbons (Fsp3) is 0.500. The van der Waals surface area contributed by atoms with E-state index in [1.54, 1.807) is 4.68 Å². The average Bonchev–Trinajstić information content (AvgIpc) is 2.43. The predicted molar refractivity (Wildman–Crippen MR) is 65.2 cm³/mol. The highest BCUT2D eigenvalue weighted by Crippen LogP contribution is 2.21. The highest BCUT2D eigenvalue weighted by atomic mass is 16.1. The molecule has 0 saturated carbocycles. The largest absolute Gasteiger partial charge is 0.307 e. The van der Waals surface area contributed by atoms with E-state index in [1.807, 2.05) is 13.1 Å². The van der Waals surface area contributed by atoms with Gasteiger partial charge in [0.25, 0.3) is 0 Å². The zero-order valence-electron chi connectivity index (χ0n) is 10.4. The number of amides is 1. The molecule has 88 valence electrons. The minimum Gasteiger partial charge on any atom is -0.307 e. The Kier molecular flexibility index (Phi) is 3.52. The number of carbonyl (C=O) groups excluding carboxylic acids is 1. The molecular formula is C12H19N3O. The van der Waals surface area contributed by atoms with E-state index < -0.39 is 0 Å². The molecule has 0 fully saturated rings. The average molecular weight is 221 g/mol. The number of aryl methyl sites for hydroxylation is 1. The number of anilines is 1. The Morgan fingerprint density at radius 1 is 1.62 bits per heavy atom. The van der Waals surface area contributed by atoms with E-state index in [0.29, 0.717) is 5.82 Å². The molecular weight excluding hydrogens is 202 g/mol. The topological polar surface area (TPSA) is 46.9 Å². The van der Waals surface area contributed by atoms with E-state index in [0.717, 1.165) is 12.1 Å². The lowest BCUT2D eigenvalue weighted by Crippen LogP contribution is -2.10. The fourth-order valence-electron chi connectivity index (χ4n) is 1.45. The second kappa shape index (κ2) is 4.51.